The molecule has 0 spiro atoms. The van der Waals surface area contributed by atoms with Gasteiger partial charge in [0.05, 0.1) is 34.4 Å². The standard InChI is InChI=1S/C54H65ClFN6O8PS3/c1-7-57-71(63,70-48-21-22-50(51(36-48)73(5,64)65)58-44(23-24-59-29-31-68-32-30-59)37-72-49-11-9-8-10-12-49)69-47-19-17-45(18-20-47)60-25-27-61(28-26-60)46-34-41(33-43(56)35-46)52-53(40-13-15-42(55)16-14-40)62(38(2)3)39(4)54(52)74(6,66)67/h8-22,33-36,38,44,58H,7,23-32,37H2,1-6H3,(H,57,63)/t44-,71?/m1/s1. The number of rotatable bonds is 21. The van der Waals surface area contributed by atoms with Crippen molar-refractivity contribution in [1.29, 1.82) is 0 Å². The molecule has 396 valence electrons. The lowest BCUT2D eigenvalue weighted by molar-refractivity contribution is 0.0370. The maximum atomic E-state index is 15.8. The monoisotopic (exact) mass is 1110 g/mol. The van der Waals surface area contributed by atoms with E-state index in [1.165, 1.54) is 24.5 Å². The minimum absolute atomic E-state index is 0.0159. The van der Waals surface area contributed by atoms with Gasteiger partial charge in [0.25, 0.3) is 0 Å². The molecule has 2 aliphatic rings. The third-order valence-electron chi connectivity index (χ3n) is 13.0. The molecule has 1 aromatic heterocycles. The van der Waals surface area contributed by atoms with Gasteiger partial charge in [-0.2, -0.15) is 0 Å². The largest absolute Gasteiger partial charge is 0.512 e. The molecule has 1 unspecified atom stereocenters. The molecule has 5 aromatic carbocycles. The van der Waals surface area contributed by atoms with Gasteiger partial charge in [0.15, 0.2) is 19.7 Å². The Morgan fingerprint density at radius 1 is 0.770 bits per heavy atom. The lowest BCUT2D eigenvalue weighted by Crippen LogP contribution is -2.46. The molecule has 2 atom stereocenters. The normalized spacial score (nSPS) is 16.0. The Labute approximate surface area is 445 Å². The number of ether oxygens (including phenoxy) is 1. The van der Waals surface area contributed by atoms with E-state index in [0.29, 0.717) is 84.1 Å². The van der Waals surface area contributed by atoms with Crippen molar-refractivity contribution < 1.29 is 39.6 Å². The maximum Gasteiger partial charge on any atom is 0.512 e. The van der Waals surface area contributed by atoms with Gasteiger partial charge in [-0.05, 0) is 117 Å². The maximum absolute atomic E-state index is 15.8. The van der Waals surface area contributed by atoms with Crippen molar-refractivity contribution in [1.82, 2.24) is 14.6 Å². The fraction of sp³-hybridized carbons (Fsp3) is 0.370. The number of nitrogens with one attached hydrogen (secondary N) is 2. The minimum Gasteiger partial charge on any atom is -0.405 e. The molecule has 3 heterocycles. The predicted molar refractivity (Wildman–Crippen MR) is 298 cm³/mol. The van der Waals surface area contributed by atoms with Crippen LogP contribution in [0.3, 0.4) is 0 Å². The van der Waals surface area contributed by atoms with Crippen LogP contribution in [-0.2, 0) is 29.0 Å². The van der Waals surface area contributed by atoms with Crippen molar-refractivity contribution in [3.8, 4) is 33.9 Å². The zero-order chi connectivity index (χ0) is 52.8. The average Bonchev–Trinajstić information content (AvgIpc) is 3.69. The number of piperazine rings is 1. The molecule has 74 heavy (non-hydrogen) atoms. The number of sulfone groups is 2. The van der Waals surface area contributed by atoms with Crippen LogP contribution in [0.5, 0.6) is 11.5 Å². The molecule has 2 N–H and O–H groups in total. The first-order valence-electron chi connectivity index (χ1n) is 24.7. The van der Waals surface area contributed by atoms with E-state index in [9.17, 15) is 21.4 Å². The van der Waals surface area contributed by atoms with E-state index in [1.807, 2.05) is 66.9 Å². The van der Waals surface area contributed by atoms with Crippen molar-refractivity contribution >= 4 is 67.8 Å². The number of anilines is 3. The first kappa shape index (κ1) is 55.2. The Balaban J connectivity index is 0.955. The highest BCUT2D eigenvalue weighted by atomic mass is 35.5. The smallest absolute Gasteiger partial charge is 0.405 e. The van der Waals surface area contributed by atoms with Crippen molar-refractivity contribution in [3.05, 3.63) is 132 Å². The highest BCUT2D eigenvalue weighted by molar-refractivity contribution is 7.99. The second-order valence-electron chi connectivity index (χ2n) is 18.9. The van der Waals surface area contributed by atoms with Crippen LogP contribution >= 0.6 is 31.1 Å². The van der Waals surface area contributed by atoms with Gasteiger partial charge in [-0.1, -0.05) is 48.9 Å². The summed E-state index contributed by atoms with van der Waals surface area (Å²) in [4.78, 5) is 7.92. The van der Waals surface area contributed by atoms with Crippen LogP contribution < -0.4 is 29.3 Å². The number of morpholine rings is 1. The molecular formula is C54H65ClFN6O8PS3. The molecule has 0 saturated carbocycles. The Morgan fingerprint density at radius 2 is 1.41 bits per heavy atom. The quantitative estimate of drug-likeness (QED) is 0.0519. The molecule has 14 nitrogen and oxygen atoms in total. The van der Waals surface area contributed by atoms with E-state index >= 15 is 4.39 Å². The van der Waals surface area contributed by atoms with Gasteiger partial charge in [-0.25, -0.2) is 30.9 Å². The van der Waals surface area contributed by atoms with Gasteiger partial charge in [-0.15, -0.1) is 11.8 Å². The van der Waals surface area contributed by atoms with E-state index in [-0.39, 0.29) is 39.9 Å². The Morgan fingerprint density at radius 3 is 2.03 bits per heavy atom. The lowest BCUT2D eigenvalue weighted by Gasteiger charge is -2.37. The number of aromatic nitrogens is 1. The molecule has 0 aliphatic carbocycles. The summed E-state index contributed by atoms with van der Waals surface area (Å²) < 4.78 is 103. The van der Waals surface area contributed by atoms with Gasteiger partial charge in [0.2, 0.25) is 0 Å². The molecule has 6 aromatic rings. The summed E-state index contributed by atoms with van der Waals surface area (Å²) >= 11 is 7.97. The van der Waals surface area contributed by atoms with Crippen LogP contribution in [0, 0.1) is 12.7 Å². The first-order chi connectivity index (χ1) is 35.3. The number of nitrogens with zero attached hydrogens (tertiary/aromatic N) is 4. The molecule has 2 fully saturated rings. The number of hydrogen-bond donors (Lipinski definition) is 2. The molecule has 0 radical (unpaired) electrons. The summed E-state index contributed by atoms with van der Waals surface area (Å²) in [5.74, 6) is 0.551. The molecule has 20 heteroatoms. The van der Waals surface area contributed by atoms with Crippen molar-refractivity contribution in [2.75, 3.05) is 99.0 Å². The molecule has 8 rings (SSSR count). The van der Waals surface area contributed by atoms with Crippen LogP contribution in [-0.4, -0.2) is 116 Å². The minimum atomic E-state index is -4.09. The number of benzene rings is 5. The second-order valence-corrected chi connectivity index (χ2v) is 26.0. The van der Waals surface area contributed by atoms with Gasteiger partial charge >= 0.3 is 7.75 Å². The summed E-state index contributed by atoms with van der Waals surface area (Å²) in [6, 6.07) is 33.6. The number of hydrogen-bond acceptors (Lipinski definition) is 13. The summed E-state index contributed by atoms with van der Waals surface area (Å²) in [5, 5.41) is 6.90. The van der Waals surface area contributed by atoms with E-state index in [4.69, 9.17) is 25.4 Å². The first-order valence-corrected chi connectivity index (χ1v) is 31.4. The Hall–Kier alpha value is -5.04. The zero-order valence-electron chi connectivity index (χ0n) is 42.6. The topological polar surface area (TPSA) is 152 Å². The molecule has 2 aliphatic heterocycles. The zero-order valence-corrected chi connectivity index (χ0v) is 46.7. The fourth-order valence-electron chi connectivity index (χ4n) is 9.62. The van der Waals surface area contributed by atoms with Crippen LogP contribution in [0.25, 0.3) is 22.4 Å². The SMILES string of the molecule is CCNP(=O)(Oc1ccc(N2CCN(c3cc(F)cc(-c4c(S(C)(=O)=O)c(C)n(C(C)C)c4-c4ccc(Cl)cc4)c3)CC2)cc1)Oc1ccc(N[C@H](CCN2CCOCC2)CSc2ccccc2)c(S(C)(=O)=O)c1. The average molecular weight is 1110 g/mol. The van der Waals surface area contributed by atoms with Crippen LogP contribution in [0.15, 0.2) is 130 Å². The lowest BCUT2D eigenvalue weighted by atomic mass is 9.99. The van der Waals surface area contributed by atoms with Gasteiger partial charge in [-0.3, -0.25) is 4.90 Å². The van der Waals surface area contributed by atoms with Crippen LogP contribution in [0.4, 0.5) is 21.5 Å². The van der Waals surface area contributed by atoms with Crippen LogP contribution in [0.1, 0.15) is 38.9 Å². The van der Waals surface area contributed by atoms with E-state index in [2.05, 4.69) is 37.2 Å². The Bertz CT molecular complexity index is 3170. The molecule has 0 amide bonds. The van der Waals surface area contributed by atoms with Crippen molar-refractivity contribution in [2.45, 2.75) is 60.9 Å². The predicted octanol–water partition coefficient (Wildman–Crippen LogP) is 11.1. The van der Waals surface area contributed by atoms with Crippen molar-refractivity contribution in [3.63, 3.8) is 0 Å². The van der Waals surface area contributed by atoms with E-state index in [1.54, 1.807) is 62.0 Å². The third kappa shape index (κ3) is 13.7. The molecular weight excluding hydrogens is 1040 g/mol. The van der Waals surface area contributed by atoms with E-state index in [0.717, 1.165) is 48.5 Å². The second kappa shape index (κ2) is 23.9. The summed E-state index contributed by atoms with van der Waals surface area (Å²) in [7, 11) is -11.6. The fourth-order valence-corrected chi connectivity index (χ4v) is 14.2. The van der Waals surface area contributed by atoms with Crippen molar-refractivity contribution in [2.24, 2.45) is 0 Å². The summed E-state index contributed by atoms with van der Waals surface area (Å²) in [6.07, 6.45) is 3.10. The summed E-state index contributed by atoms with van der Waals surface area (Å²) in [5.41, 5.74) is 4.87. The third-order valence-corrected chi connectivity index (χ3v) is 18.4. The molecule has 0 bridgehead atoms. The molecule has 2 saturated heterocycles. The highest BCUT2D eigenvalue weighted by Gasteiger charge is 2.32. The van der Waals surface area contributed by atoms with Gasteiger partial charge < -0.3 is 33.5 Å². The number of thioether (sulfide) groups is 1. The summed E-state index contributed by atoms with van der Waals surface area (Å²) in [6.45, 7) is 13.9. The van der Waals surface area contributed by atoms with Gasteiger partial charge in [0.1, 0.15) is 17.3 Å². The highest BCUT2D eigenvalue weighted by Crippen LogP contribution is 2.47. The number of halogens is 2. The van der Waals surface area contributed by atoms with E-state index < -0.39 is 33.2 Å². The van der Waals surface area contributed by atoms with Gasteiger partial charge in [0, 0.05) is 121 Å². The Kier molecular flexibility index (Phi) is 17.8. The van der Waals surface area contributed by atoms with Crippen LogP contribution in [0.2, 0.25) is 5.02 Å².